The lowest BCUT2D eigenvalue weighted by Crippen LogP contribution is -1.92. The lowest BCUT2D eigenvalue weighted by atomic mass is 10.2. The highest BCUT2D eigenvalue weighted by Gasteiger charge is 2.06. The summed E-state index contributed by atoms with van der Waals surface area (Å²) >= 11 is 0. The van der Waals surface area contributed by atoms with Crippen molar-refractivity contribution < 1.29 is 13.9 Å². The van der Waals surface area contributed by atoms with Gasteiger partial charge in [0, 0.05) is 11.6 Å². The molecule has 3 rings (SSSR count). The van der Waals surface area contributed by atoms with Crippen molar-refractivity contribution >= 4 is 17.2 Å². The smallest absolute Gasteiger partial charge is 0.153 e. The molecule has 2 aromatic carbocycles. The van der Waals surface area contributed by atoms with E-state index in [1.807, 2.05) is 24.3 Å². The Balaban J connectivity index is 1.98. The minimum atomic E-state index is -0.470. The second-order valence-electron chi connectivity index (χ2n) is 4.26. The predicted molar refractivity (Wildman–Crippen MR) is 73.6 cm³/mol. The summed E-state index contributed by atoms with van der Waals surface area (Å²) in [7, 11) is 0. The summed E-state index contributed by atoms with van der Waals surface area (Å²) in [4.78, 5) is 15.1. The summed E-state index contributed by atoms with van der Waals surface area (Å²) in [5.41, 5.74) is 1.03. The van der Waals surface area contributed by atoms with Crippen LogP contribution in [0.2, 0.25) is 0 Å². The molecule has 0 N–H and O–H groups in total. The fourth-order valence-corrected chi connectivity index (χ4v) is 1.95. The summed E-state index contributed by atoms with van der Waals surface area (Å²) < 4.78 is 18.7. The maximum absolute atomic E-state index is 13.1. The summed E-state index contributed by atoms with van der Waals surface area (Å²) in [5.74, 6) is 0.423. The van der Waals surface area contributed by atoms with Gasteiger partial charge < -0.3 is 4.74 Å². The van der Waals surface area contributed by atoms with Crippen LogP contribution in [0.15, 0.2) is 54.7 Å². The molecule has 1 heterocycles. The van der Waals surface area contributed by atoms with Gasteiger partial charge in [-0.15, -0.1) is 0 Å². The Morgan fingerprint density at radius 3 is 2.85 bits per heavy atom. The third-order valence-electron chi connectivity index (χ3n) is 2.90. The Morgan fingerprint density at radius 1 is 1.10 bits per heavy atom. The minimum Gasteiger partial charge on any atom is -0.457 e. The highest BCUT2D eigenvalue weighted by molar-refractivity contribution is 5.81. The highest BCUT2D eigenvalue weighted by Crippen LogP contribution is 2.27. The Morgan fingerprint density at radius 2 is 2.00 bits per heavy atom. The molecule has 4 heteroatoms. The molecule has 1 aromatic heterocycles. The van der Waals surface area contributed by atoms with E-state index in [-0.39, 0.29) is 5.56 Å². The van der Waals surface area contributed by atoms with E-state index in [1.54, 1.807) is 12.3 Å². The van der Waals surface area contributed by atoms with Gasteiger partial charge in [0.25, 0.3) is 0 Å². The molecule has 0 saturated carbocycles. The van der Waals surface area contributed by atoms with Gasteiger partial charge in [-0.1, -0.05) is 6.07 Å². The van der Waals surface area contributed by atoms with Gasteiger partial charge in [-0.2, -0.15) is 0 Å². The Labute approximate surface area is 114 Å². The van der Waals surface area contributed by atoms with Crippen molar-refractivity contribution in [3.05, 3.63) is 66.1 Å². The summed E-state index contributed by atoms with van der Waals surface area (Å²) in [6, 6.07) is 13.0. The molecule has 0 atom stereocenters. The van der Waals surface area contributed by atoms with Crippen LogP contribution in [0.4, 0.5) is 4.39 Å². The third kappa shape index (κ3) is 2.36. The van der Waals surface area contributed by atoms with Crippen LogP contribution in [0, 0.1) is 5.82 Å². The zero-order chi connectivity index (χ0) is 13.9. The lowest BCUT2D eigenvalue weighted by Gasteiger charge is -2.08. The van der Waals surface area contributed by atoms with Crippen LogP contribution >= 0.6 is 0 Å². The van der Waals surface area contributed by atoms with E-state index >= 15 is 0 Å². The molecular weight excluding hydrogens is 257 g/mol. The number of hydrogen-bond donors (Lipinski definition) is 0. The normalized spacial score (nSPS) is 10.4. The number of benzene rings is 2. The zero-order valence-electron chi connectivity index (χ0n) is 10.4. The standard InChI is InChI=1S/C16H10FNO2/c17-13-3-6-16(12(8-13)10-19)20-14-4-5-15-11(9-14)2-1-7-18-15/h1-10H. The molecule has 0 amide bonds. The molecule has 20 heavy (non-hydrogen) atoms. The van der Waals surface area contributed by atoms with Crippen molar-refractivity contribution in [3.8, 4) is 11.5 Å². The van der Waals surface area contributed by atoms with Crippen molar-refractivity contribution in [2.24, 2.45) is 0 Å². The average molecular weight is 267 g/mol. The molecule has 0 bridgehead atoms. The van der Waals surface area contributed by atoms with E-state index in [2.05, 4.69) is 4.98 Å². The van der Waals surface area contributed by atoms with Crippen molar-refractivity contribution in [1.29, 1.82) is 0 Å². The monoisotopic (exact) mass is 267 g/mol. The van der Waals surface area contributed by atoms with Crippen LogP contribution in [-0.2, 0) is 0 Å². The van der Waals surface area contributed by atoms with Gasteiger partial charge in [0.2, 0.25) is 0 Å². The van der Waals surface area contributed by atoms with E-state index in [0.717, 1.165) is 17.0 Å². The van der Waals surface area contributed by atoms with Crippen LogP contribution in [0.3, 0.4) is 0 Å². The van der Waals surface area contributed by atoms with Crippen LogP contribution in [0.1, 0.15) is 10.4 Å². The number of aldehydes is 1. The summed E-state index contributed by atoms with van der Waals surface area (Å²) in [6.45, 7) is 0. The SMILES string of the molecule is O=Cc1cc(F)ccc1Oc1ccc2ncccc2c1. The topological polar surface area (TPSA) is 39.2 Å². The molecule has 98 valence electrons. The molecule has 0 aliphatic heterocycles. The van der Waals surface area contributed by atoms with Gasteiger partial charge >= 0.3 is 0 Å². The Hall–Kier alpha value is -2.75. The van der Waals surface area contributed by atoms with Gasteiger partial charge in [0.05, 0.1) is 11.1 Å². The van der Waals surface area contributed by atoms with Crippen LogP contribution in [0.5, 0.6) is 11.5 Å². The second-order valence-corrected chi connectivity index (χ2v) is 4.26. The quantitative estimate of drug-likeness (QED) is 0.674. The largest absolute Gasteiger partial charge is 0.457 e. The molecular formula is C16H10FNO2. The van der Waals surface area contributed by atoms with Crippen molar-refractivity contribution in [2.75, 3.05) is 0 Å². The maximum Gasteiger partial charge on any atom is 0.153 e. The van der Waals surface area contributed by atoms with Crippen LogP contribution in [-0.4, -0.2) is 11.3 Å². The number of hydrogen-bond acceptors (Lipinski definition) is 3. The zero-order valence-corrected chi connectivity index (χ0v) is 10.4. The van der Waals surface area contributed by atoms with Gasteiger partial charge in [0.15, 0.2) is 6.29 Å². The van der Waals surface area contributed by atoms with Gasteiger partial charge in [-0.3, -0.25) is 9.78 Å². The number of carbonyl (C=O) groups excluding carboxylic acids is 1. The molecule has 0 saturated heterocycles. The van der Waals surface area contributed by atoms with Crippen molar-refractivity contribution in [2.45, 2.75) is 0 Å². The number of carbonyl (C=O) groups is 1. The first-order chi connectivity index (χ1) is 9.76. The number of ether oxygens (including phenoxy) is 1. The molecule has 0 aliphatic rings. The first kappa shape index (κ1) is 12.3. The molecule has 0 unspecified atom stereocenters. The lowest BCUT2D eigenvalue weighted by molar-refractivity contribution is 0.112. The first-order valence-electron chi connectivity index (χ1n) is 6.03. The van der Waals surface area contributed by atoms with E-state index in [4.69, 9.17) is 4.74 Å². The molecule has 0 fully saturated rings. The molecule has 3 aromatic rings. The van der Waals surface area contributed by atoms with Gasteiger partial charge in [0.1, 0.15) is 17.3 Å². The summed E-state index contributed by atoms with van der Waals surface area (Å²) in [5, 5.41) is 0.930. The number of halogens is 1. The van der Waals surface area contributed by atoms with E-state index in [9.17, 15) is 9.18 Å². The van der Waals surface area contributed by atoms with Crippen LogP contribution < -0.4 is 4.74 Å². The minimum absolute atomic E-state index is 0.177. The van der Waals surface area contributed by atoms with Gasteiger partial charge in [-0.05, 0) is 42.5 Å². The van der Waals surface area contributed by atoms with Crippen LogP contribution in [0.25, 0.3) is 10.9 Å². The molecule has 0 aliphatic carbocycles. The number of nitrogens with zero attached hydrogens (tertiary/aromatic N) is 1. The number of fused-ring (bicyclic) bond motifs is 1. The van der Waals surface area contributed by atoms with Gasteiger partial charge in [-0.25, -0.2) is 4.39 Å². The molecule has 0 radical (unpaired) electrons. The Kier molecular flexibility index (Phi) is 3.13. The van der Waals surface area contributed by atoms with E-state index < -0.39 is 5.82 Å². The fraction of sp³-hybridized carbons (Fsp3) is 0. The average Bonchev–Trinajstić information content (AvgIpc) is 2.49. The van der Waals surface area contributed by atoms with Crippen molar-refractivity contribution in [1.82, 2.24) is 4.98 Å². The highest BCUT2D eigenvalue weighted by atomic mass is 19.1. The van der Waals surface area contributed by atoms with E-state index in [0.29, 0.717) is 17.8 Å². The number of rotatable bonds is 3. The Bertz CT molecular complexity index is 786. The van der Waals surface area contributed by atoms with E-state index in [1.165, 1.54) is 12.1 Å². The summed E-state index contributed by atoms with van der Waals surface area (Å²) in [6.07, 6.45) is 2.29. The number of aromatic nitrogens is 1. The second kappa shape index (κ2) is 5.09. The first-order valence-corrected chi connectivity index (χ1v) is 6.03. The number of pyridine rings is 1. The molecule has 0 spiro atoms. The van der Waals surface area contributed by atoms with Crippen molar-refractivity contribution in [3.63, 3.8) is 0 Å². The molecule has 3 nitrogen and oxygen atoms in total. The fourth-order valence-electron chi connectivity index (χ4n) is 1.95. The maximum atomic E-state index is 13.1. The third-order valence-corrected chi connectivity index (χ3v) is 2.90. The predicted octanol–water partition coefficient (Wildman–Crippen LogP) is 3.98.